The van der Waals surface area contributed by atoms with E-state index in [1.165, 1.54) is 6.42 Å². The minimum Gasteiger partial charge on any atom is -0.397 e. The summed E-state index contributed by atoms with van der Waals surface area (Å²) in [5.74, 6) is 0. The molecular formula is C12H19BrN2O. The highest BCUT2D eigenvalue weighted by molar-refractivity contribution is 9.10. The predicted molar refractivity (Wildman–Crippen MR) is 72.8 cm³/mol. The summed E-state index contributed by atoms with van der Waals surface area (Å²) in [6, 6.07) is 5.82. The molecule has 0 aromatic heterocycles. The SMILES string of the molecule is CCCCOCCNc1ccc(Br)cc1N. The molecule has 16 heavy (non-hydrogen) atoms. The van der Waals surface area contributed by atoms with Crippen LogP contribution in [-0.2, 0) is 4.74 Å². The van der Waals surface area contributed by atoms with Crippen LogP contribution in [0.5, 0.6) is 0 Å². The normalized spacial score (nSPS) is 10.4. The number of hydrogen-bond acceptors (Lipinski definition) is 3. The first-order chi connectivity index (χ1) is 7.74. The monoisotopic (exact) mass is 286 g/mol. The van der Waals surface area contributed by atoms with Crippen molar-refractivity contribution in [1.29, 1.82) is 0 Å². The summed E-state index contributed by atoms with van der Waals surface area (Å²) in [5, 5.41) is 3.25. The van der Waals surface area contributed by atoms with E-state index >= 15 is 0 Å². The average molecular weight is 287 g/mol. The number of nitrogens with one attached hydrogen (secondary N) is 1. The van der Waals surface area contributed by atoms with Crippen LogP contribution in [0.1, 0.15) is 19.8 Å². The second-order valence-electron chi connectivity index (χ2n) is 3.62. The Morgan fingerprint density at radius 3 is 2.88 bits per heavy atom. The van der Waals surface area contributed by atoms with E-state index in [-0.39, 0.29) is 0 Å². The number of benzene rings is 1. The lowest BCUT2D eigenvalue weighted by Crippen LogP contribution is -2.11. The van der Waals surface area contributed by atoms with Crippen LogP contribution in [0.4, 0.5) is 11.4 Å². The summed E-state index contributed by atoms with van der Waals surface area (Å²) in [6.45, 7) is 4.50. The molecule has 1 aromatic carbocycles. The average Bonchev–Trinajstić information content (AvgIpc) is 2.26. The van der Waals surface area contributed by atoms with Crippen molar-refractivity contribution in [3.8, 4) is 0 Å². The minimum absolute atomic E-state index is 0.718. The molecule has 0 bridgehead atoms. The predicted octanol–water partition coefficient (Wildman–Crippen LogP) is 3.26. The number of rotatable bonds is 7. The summed E-state index contributed by atoms with van der Waals surface area (Å²) in [6.07, 6.45) is 2.30. The van der Waals surface area contributed by atoms with Crippen molar-refractivity contribution in [3.63, 3.8) is 0 Å². The van der Waals surface area contributed by atoms with Crippen molar-refractivity contribution >= 4 is 27.3 Å². The summed E-state index contributed by atoms with van der Waals surface area (Å²) in [4.78, 5) is 0. The van der Waals surface area contributed by atoms with Gasteiger partial charge in [-0.05, 0) is 24.6 Å². The minimum atomic E-state index is 0.718. The van der Waals surface area contributed by atoms with E-state index < -0.39 is 0 Å². The molecule has 0 saturated carbocycles. The molecule has 0 spiro atoms. The maximum absolute atomic E-state index is 5.85. The fourth-order valence-corrected chi connectivity index (χ4v) is 1.68. The Morgan fingerprint density at radius 2 is 2.19 bits per heavy atom. The van der Waals surface area contributed by atoms with Crippen molar-refractivity contribution in [2.75, 3.05) is 30.8 Å². The zero-order valence-electron chi connectivity index (χ0n) is 9.63. The molecule has 0 aliphatic heterocycles. The molecular weight excluding hydrogens is 268 g/mol. The number of hydrogen-bond donors (Lipinski definition) is 2. The van der Waals surface area contributed by atoms with Crippen LogP contribution < -0.4 is 11.1 Å². The van der Waals surface area contributed by atoms with Crippen LogP contribution in [0, 0.1) is 0 Å². The van der Waals surface area contributed by atoms with Gasteiger partial charge in [-0.15, -0.1) is 0 Å². The fourth-order valence-electron chi connectivity index (χ4n) is 1.30. The largest absolute Gasteiger partial charge is 0.397 e. The lowest BCUT2D eigenvalue weighted by Gasteiger charge is -2.09. The number of ether oxygens (including phenoxy) is 1. The van der Waals surface area contributed by atoms with Gasteiger partial charge in [0, 0.05) is 17.6 Å². The van der Waals surface area contributed by atoms with Crippen molar-refractivity contribution in [2.24, 2.45) is 0 Å². The molecule has 4 heteroatoms. The molecule has 3 N–H and O–H groups in total. The van der Waals surface area contributed by atoms with Gasteiger partial charge in [0.2, 0.25) is 0 Å². The number of nitrogens with two attached hydrogens (primary N) is 1. The first-order valence-electron chi connectivity index (χ1n) is 5.60. The Balaban J connectivity index is 2.21. The molecule has 0 saturated heterocycles. The van der Waals surface area contributed by atoms with Crippen LogP contribution in [-0.4, -0.2) is 19.8 Å². The highest BCUT2D eigenvalue weighted by atomic mass is 79.9. The molecule has 1 rings (SSSR count). The Hall–Kier alpha value is -0.740. The van der Waals surface area contributed by atoms with Gasteiger partial charge in [0.1, 0.15) is 0 Å². The lowest BCUT2D eigenvalue weighted by atomic mass is 10.3. The van der Waals surface area contributed by atoms with E-state index in [1.807, 2.05) is 18.2 Å². The first-order valence-corrected chi connectivity index (χ1v) is 6.40. The van der Waals surface area contributed by atoms with Crippen LogP contribution in [0.15, 0.2) is 22.7 Å². The quantitative estimate of drug-likeness (QED) is 0.597. The molecule has 0 amide bonds. The third-order valence-corrected chi connectivity index (χ3v) is 2.71. The third-order valence-electron chi connectivity index (χ3n) is 2.22. The Morgan fingerprint density at radius 1 is 1.38 bits per heavy atom. The Kier molecular flexibility index (Phi) is 6.26. The maximum atomic E-state index is 5.85. The van der Waals surface area contributed by atoms with Gasteiger partial charge in [0.05, 0.1) is 18.0 Å². The molecule has 0 aliphatic rings. The molecule has 0 heterocycles. The van der Waals surface area contributed by atoms with Crippen LogP contribution >= 0.6 is 15.9 Å². The molecule has 3 nitrogen and oxygen atoms in total. The van der Waals surface area contributed by atoms with Gasteiger partial charge in [0.15, 0.2) is 0 Å². The van der Waals surface area contributed by atoms with Gasteiger partial charge in [-0.2, -0.15) is 0 Å². The van der Waals surface area contributed by atoms with Gasteiger partial charge in [-0.3, -0.25) is 0 Å². The van der Waals surface area contributed by atoms with E-state index in [4.69, 9.17) is 10.5 Å². The highest BCUT2D eigenvalue weighted by Crippen LogP contribution is 2.22. The molecule has 0 unspecified atom stereocenters. The van der Waals surface area contributed by atoms with Crippen molar-refractivity contribution in [2.45, 2.75) is 19.8 Å². The van der Waals surface area contributed by atoms with E-state index in [0.29, 0.717) is 0 Å². The smallest absolute Gasteiger partial charge is 0.0639 e. The van der Waals surface area contributed by atoms with Crippen molar-refractivity contribution in [1.82, 2.24) is 0 Å². The van der Waals surface area contributed by atoms with Gasteiger partial charge in [-0.1, -0.05) is 29.3 Å². The maximum Gasteiger partial charge on any atom is 0.0639 e. The summed E-state index contributed by atoms with van der Waals surface area (Å²) in [5.41, 5.74) is 7.56. The van der Waals surface area contributed by atoms with Crippen LogP contribution in [0.2, 0.25) is 0 Å². The summed E-state index contributed by atoms with van der Waals surface area (Å²) < 4.78 is 6.44. The number of nitrogen functional groups attached to an aromatic ring is 1. The van der Waals surface area contributed by atoms with Gasteiger partial charge < -0.3 is 15.8 Å². The third kappa shape index (κ3) is 4.86. The first kappa shape index (κ1) is 13.3. The number of anilines is 2. The van der Waals surface area contributed by atoms with Gasteiger partial charge in [-0.25, -0.2) is 0 Å². The van der Waals surface area contributed by atoms with E-state index in [0.717, 1.165) is 42.0 Å². The van der Waals surface area contributed by atoms with E-state index in [2.05, 4.69) is 28.2 Å². The molecule has 0 fully saturated rings. The molecule has 90 valence electrons. The Labute approximate surface area is 105 Å². The second-order valence-corrected chi connectivity index (χ2v) is 4.54. The number of halogens is 1. The van der Waals surface area contributed by atoms with Crippen molar-refractivity contribution in [3.05, 3.63) is 22.7 Å². The summed E-state index contributed by atoms with van der Waals surface area (Å²) in [7, 11) is 0. The van der Waals surface area contributed by atoms with Gasteiger partial charge >= 0.3 is 0 Å². The van der Waals surface area contributed by atoms with Crippen LogP contribution in [0.3, 0.4) is 0 Å². The van der Waals surface area contributed by atoms with E-state index in [9.17, 15) is 0 Å². The summed E-state index contributed by atoms with van der Waals surface area (Å²) >= 11 is 3.37. The molecule has 0 radical (unpaired) electrons. The zero-order chi connectivity index (χ0) is 11.8. The lowest BCUT2D eigenvalue weighted by molar-refractivity contribution is 0.141. The second kappa shape index (κ2) is 7.52. The topological polar surface area (TPSA) is 47.3 Å². The van der Waals surface area contributed by atoms with E-state index in [1.54, 1.807) is 0 Å². The fraction of sp³-hybridized carbons (Fsp3) is 0.500. The van der Waals surface area contributed by atoms with Gasteiger partial charge in [0.25, 0.3) is 0 Å². The molecule has 0 atom stereocenters. The standard InChI is InChI=1S/C12H19BrN2O/c1-2-3-7-16-8-6-15-12-5-4-10(13)9-11(12)14/h4-5,9,15H,2-3,6-8,14H2,1H3. The number of unbranched alkanes of at least 4 members (excludes halogenated alkanes) is 1. The van der Waals surface area contributed by atoms with Crippen molar-refractivity contribution < 1.29 is 4.74 Å². The highest BCUT2D eigenvalue weighted by Gasteiger charge is 1.98. The Bertz CT molecular complexity index is 318. The molecule has 1 aromatic rings. The van der Waals surface area contributed by atoms with Crippen LogP contribution in [0.25, 0.3) is 0 Å². The molecule has 0 aliphatic carbocycles. The zero-order valence-corrected chi connectivity index (χ0v) is 11.2.